The van der Waals surface area contributed by atoms with Gasteiger partial charge < -0.3 is 4.84 Å². The van der Waals surface area contributed by atoms with Crippen molar-refractivity contribution in [2.75, 3.05) is 6.61 Å². The van der Waals surface area contributed by atoms with Crippen LogP contribution in [0.2, 0.25) is 0 Å². The largest absolute Gasteiger partial charge is 0.376 e. The molecule has 1 unspecified atom stereocenters. The van der Waals surface area contributed by atoms with Gasteiger partial charge in [0.25, 0.3) is 0 Å². The standard InChI is InChI=1S/C2H4N2OS/c6-2-1-5-4-3-2/h2,6H,1H2. The smallest absolute Gasteiger partial charge is 0.154 e. The maximum Gasteiger partial charge on any atom is 0.154 e. The maximum absolute atomic E-state index is 4.44. The van der Waals surface area contributed by atoms with Gasteiger partial charge in [0.05, 0.1) is 0 Å². The van der Waals surface area contributed by atoms with Crippen molar-refractivity contribution >= 4 is 12.6 Å². The number of hydrogen-bond donors (Lipinski definition) is 1. The first kappa shape index (κ1) is 3.92. The highest BCUT2D eigenvalue weighted by Gasteiger charge is 2.04. The molecule has 1 aliphatic rings. The molecular formula is C2H4N2OS. The monoisotopic (exact) mass is 104 g/mol. The minimum Gasteiger partial charge on any atom is -0.376 e. The van der Waals surface area contributed by atoms with Crippen LogP contribution in [0.3, 0.4) is 0 Å². The molecule has 0 saturated carbocycles. The van der Waals surface area contributed by atoms with E-state index in [2.05, 4.69) is 27.9 Å². The predicted octanol–water partition coefficient (Wildman–Crippen LogP) is 0.640. The molecule has 1 heterocycles. The fraction of sp³-hybridized carbons (Fsp3) is 1.00. The van der Waals surface area contributed by atoms with Gasteiger partial charge in [-0.15, -0.1) is 17.7 Å². The van der Waals surface area contributed by atoms with Crippen LogP contribution in [-0.4, -0.2) is 12.0 Å². The number of nitrogens with zero attached hydrogens (tertiary/aromatic N) is 2. The van der Waals surface area contributed by atoms with Gasteiger partial charge in [-0.2, -0.15) is 0 Å². The van der Waals surface area contributed by atoms with E-state index in [0.29, 0.717) is 6.61 Å². The third-order valence-electron chi connectivity index (χ3n) is 0.462. The Labute approximate surface area is 40.8 Å². The summed E-state index contributed by atoms with van der Waals surface area (Å²) < 4.78 is 0. The van der Waals surface area contributed by atoms with E-state index in [0.717, 1.165) is 0 Å². The van der Waals surface area contributed by atoms with Crippen molar-refractivity contribution in [2.45, 2.75) is 5.37 Å². The van der Waals surface area contributed by atoms with Gasteiger partial charge >= 0.3 is 0 Å². The molecule has 0 aromatic heterocycles. The van der Waals surface area contributed by atoms with Crippen molar-refractivity contribution in [3.05, 3.63) is 0 Å². The van der Waals surface area contributed by atoms with E-state index >= 15 is 0 Å². The van der Waals surface area contributed by atoms with Gasteiger partial charge in [-0.05, 0) is 0 Å². The zero-order valence-corrected chi connectivity index (χ0v) is 3.93. The molecule has 1 rings (SSSR count). The molecule has 0 bridgehead atoms. The van der Waals surface area contributed by atoms with E-state index in [1.165, 1.54) is 0 Å². The molecule has 0 fully saturated rings. The van der Waals surface area contributed by atoms with E-state index in [1.54, 1.807) is 0 Å². The normalized spacial score (nSPS) is 30.5. The van der Waals surface area contributed by atoms with Gasteiger partial charge in [0.15, 0.2) is 12.0 Å². The summed E-state index contributed by atoms with van der Waals surface area (Å²) in [6.07, 6.45) is 0. The molecule has 0 aliphatic carbocycles. The molecule has 0 spiro atoms. The van der Waals surface area contributed by atoms with Crippen molar-refractivity contribution in [3.63, 3.8) is 0 Å². The molecule has 0 radical (unpaired) electrons. The maximum atomic E-state index is 4.44. The molecule has 0 N–H and O–H groups in total. The molecule has 3 nitrogen and oxygen atoms in total. The Morgan fingerprint density at radius 3 is 2.83 bits per heavy atom. The molecule has 1 atom stereocenters. The molecule has 0 aromatic rings. The Kier molecular flexibility index (Phi) is 0.959. The Bertz CT molecular complexity index is 73.9. The number of rotatable bonds is 0. The summed E-state index contributed by atoms with van der Waals surface area (Å²) in [4.78, 5) is 4.44. The average Bonchev–Trinajstić information content (AvgIpc) is 1.86. The van der Waals surface area contributed by atoms with E-state index in [9.17, 15) is 0 Å². The Morgan fingerprint density at radius 2 is 2.67 bits per heavy atom. The van der Waals surface area contributed by atoms with Crippen LogP contribution < -0.4 is 0 Å². The zero-order chi connectivity index (χ0) is 4.41. The lowest BCUT2D eigenvalue weighted by Crippen LogP contribution is -1.92. The van der Waals surface area contributed by atoms with Crippen LogP contribution >= 0.6 is 12.6 Å². The van der Waals surface area contributed by atoms with E-state index in [-0.39, 0.29) is 5.37 Å². The van der Waals surface area contributed by atoms with Gasteiger partial charge in [-0.25, -0.2) is 0 Å². The summed E-state index contributed by atoms with van der Waals surface area (Å²) in [5.74, 6) is 0. The first-order chi connectivity index (χ1) is 2.89. The molecule has 0 amide bonds. The first-order valence-corrected chi connectivity index (χ1v) is 2.11. The van der Waals surface area contributed by atoms with Crippen LogP contribution in [0.4, 0.5) is 0 Å². The van der Waals surface area contributed by atoms with Crippen molar-refractivity contribution in [1.82, 2.24) is 0 Å². The molecule has 1 aliphatic heterocycles. The number of hydrogen-bond acceptors (Lipinski definition) is 4. The third-order valence-corrected chi connectivity index (χ3v) is 0.714. The molecular weight excluding hydrogens is 100 g/mol. The van der Waals surface area contributed by atoms with Crippen molar-refractivity contribution in [2.24, 2.45) is 10.4 Å². The summed E-state index contributed by atoms with van der Waals surface area (Å²) in [5, 5.41) is 6.69. The molecule has 0 aromatic carbocycles. The Morgan fingerprint density at radius 1 is 1.83 bits per heavy atom. The second-order valence-electron chi connectivity index (χ2n) is 0.974. The lowest BCUT2D eigenvalue weighted by atomic mass is 10.7. The van der Waals surface area contributed by atoms with E-state index in [1.807, 2.05) is 0 Å². The zero-order valence-electron chi connectivity index (χ0n) is 3.03. The predicted molar refractivity (Wildman–Crippen MR) is 23.6 cm³/mol. The van der Waals surface area contributed by atoms with Crippen LogP contribution in [0.25, 0.3) is 0 Å². The average molecular weight is 104 g/mol. The van der Waals surface area contributed by atoms with Crippen LogP contribution in [0, 0.1) is 0 Å². The minimum atomic E-state index is -0.0231. The summed E-state index contributed by atoms with van der Waals surface area (Å²) in [6, 6.07) is 0. The van der Waals surface area contributed by atoms with Gasteiger partial charge in [0.1, 0.15) is 0 Å². The van der Waals surface area contributed by atoms with Crippen molar-refractivity contribution in [3.8, 4) is 0 Å². The molecule has 0 saturated heterocycles. The third kappa shape index (κ3) is 0.622. The van der Waals surface area contributed by atoms with Crippen LogP contribution in [0.5, 0.6) is 0 Å². The second-order valence-corrected chi connectivity index (χ2v) is 1.57. The minimum absolute atomic E-state index is 0.0231. The summed E-state index contributed by atoms with van der Waals surface area (Å²) >= 11 is 3.91. The Hall–Kier alpha value is -0.250. The highest BCUT2D eigenvalue weighted by Crippen LogP contribution is 2.04. The summed E-state index contributed by atoms with van der Waals surface area (Å²) in [7, 11) is 0. The summed E-state index contributed by atoms with van der Waals surface area (Å²) in [5.41, 5.74) is 0. The molecule has 4 heteroatoms. The van der Waals surface area contributed by atoms with Gasteiger partial charge in [-0.3, -0.25) is 0 Å². The molecule has 6 heavy (non-hydrogen) atoms. The lowest BCUT2D eigenvalue weighted by Gasteiger charge is -1.83. The molecule has 34 valence electrons. The van der Waals surface area contributed by atoms with Gasteiger partial charge in [0, 0.05) is 5.28 Å². The van der Waals surface area contributed by atoms with Gasteiger partial charge in [0.2, 0.25) is 0 Å². The quantitative estimate of drug-likeness (QED) is 0.449. The fourth-order valence-electron chi connectivity index (χ4n) is 0.221. The lowest BCUT2D eigenvalue weighted by molar-refractivity contribution is 0.172. The van der Waals surface area contributed by atoms with Crippen molar-refractivity contribution < 1.29 is 4.84 Å². The summed E-state index contributed by atoms with van der Waals surface area (Å²) in [6.45, 7) is 0.517. The van der Waals surface area contributed by atoms with Crippen LogP contribution in [0.15, 0.2) is 10.4 Å². The van der Waals surface area contributed by atoms with E-state index in [4.69, 9.17) is 0 Å². The highest BCUT2D eigenvalue weighted by molar-refractivity contribution is 7.80. The Balaban J connectivity index is 2.38. The highest BCUT2D eigenvalue weighted by atomic mass is 32.1. The second kappa shape index (κ2) is 1.47. The number of thiol groups is 1. The van der Waals surface area contributed by atoms with E-state index < -0.39 is 0 Å². The topological polar surface area (TPSA) is 34.0 Å². The van der Waals surface area contributed by atoms with Crippen LogP contribution in [-0.2, 0) is 4.84 Å². The van der Waals surface area contributed by atoms with Crippen LogP contribution in [0.1, 0.15) is 0 Å². The van der Waals surface area contributed by atoms with Gasteiger partial charge in [-0.1, -0.05) is 0 Å². The fourth-order valence-corrected chi connectivity index (χ4v) is 0.330. The van der Waals surface area contributed by atoms with Crippen molar-refractivity contribution in [1.29, 1.82) is 0 Å². The SMILES string of the molecule is SC1CON=N1. The first-order valence-electron chi connectivity index (χ1n) is 1.60.